The second-order valence-corrected chi connectivity index (χ2v) is 5.27. The van der Waals surface area contributed by atoms with E-state index in [2.05, 4.69) is 11.1 Å². The van der Waals surface area contributed by atoms with Crippen LogP contribution < -0.4 is 4.90 Å². The van der Waals surface area contributed by atoms with Gasteiger partial charge in [-0.25, -0.2) is 4.98 Å². The van der Waals surface area contributed by atoms with E-state index in [1.54, 1.807) is 0 Å². The van der Waals surface area contributed by atoms with Gasteiger partial charge in [0.25, 0.3) is 0 Å². The molecule has 1 fully saturated rings. The van der Waals surface area contributed by atoms with Crippen molar-refractivity contribution in [3.63, 3.8) is 0 Å². The van der Waals surface area contributed by atoms with Gasteiger partial charge in [0.2, 0.25) is 0 Å². The van der Waals surface area contributed by atoms with Gasteiger partial charge in [-0.3, -0.25) is 4.90 Å². The van der Waals surface area contributed by atoms with E-state index >= 15 is 0 Å². The predicted octanol–water partition coefficient (Wildman–Crippen LogP) is 2.25. The monoisotopic (exact) mass is 298 g/mol. The van der Waals surface area contributed by atoms with Crippen molar-refractivity contribution in [2.24, 2.45) is 0 Å². The second-order valence-electron chi connectivity index (χ2n) is 5.27. The molecule has 1 aromatic rings. The lowest BCUT2D eigenvalue weighted by Crippen LogP contribution is -2.49. The lowest BCUT2D eigenvalue weighted by Gasteiger charge is -2.36. The molecule has 1 aliphatic heterocycles. The molecule has 1 aliphatic rings. The largest absolute Gasteiger partial charge is 0.401 e. The van der Waals surface area contributed by atoms with Gasteiger partial charge < -0.3 is 4.90 Å². The Hall–Kier alpha value is -1.81. The highest BCUT2D eigenvalue weighted by Gasteiger charge is 2.32. The Bertz CT molecular complexity index is 555. The molecule has 0 saturated carbocycles. The quantitative estimate of drug-likeness (QED) is 0.840. The van der Waals surface area contributed by atoms with Gasteiger partial charge in [-0.05, 0) is 25.5 Å². The maximum atomic E-state index is 12.4. The molecule has 2 rings (SSSR count). The number of rotatable bonds is 2. The normalized spacial score (nSPS) is 16.9. The molecule has 0 atom stereocenters. The van der Waals surface area contributed by atoms with Crippen LogP contribution >= 0.6 is 0 Å². The number of alkyl halides is 3. The average Bonchev–Trinajstić information content (AvgIpc) is 2.37. The van der Waals surface area contributed by atoms with Crippen LogP contribution in [0, 0.1) is 25.2 Å². The standard InChI is InChI=1S/C14H17F3N4/c1-10-7-11(2)19-13(12(10)8-18)21-5-3-20(4-6-21)9-14(15,16)17/h7H,3-6,9H2,1-2H3. The molecule has 1 aromatic heterocycles. The molecule has 0 aliphatic carbocycles. The molecule has 21 heavy (non-hydrogen) atoms. The Balaban J connectivity index is 2.11. The van der Waals surface area contributed by atoms with Crippen LogP contribution in [-0.2, 0) is 0 Å². The van der Waals surface area contributed by atoms with Crippen LogP contribution in [0.5, 0.6) is 0 Å². The number of hydrogen-bond acceptors (Lipinski definition) is 4. The van der Waals surface area contributed by atoms with Crippen molar-refractivity contribution in [2.45, 2.75) is 20.0 Å². The summed E-state index contributed by atoms with van der Waals surface area (Å²) < 4.78 is 37.1. The minimum Gasteiger partial charge on any atom is -0.353 e. The number of aryl methyl sites for hydroxylation is 2. The third-order valence-electron chi connectivity index (χ3n) is 3.51. The number of halogens is 3. The van der Waals surface area contributed by atoms with Crippen molar-refractivity contribution in [3.8, 4) is 6.07 Å². The van der Waals surface area contributed by atoms with Crippen molar-refractivity contribution < 1.29 is 13.2 Å². The Kier molecular flexibility index (Phi) is 4.37. The van der Waals surface area contributed by atoms with E-state index in [1.165, 1.54) is 4.90 Å². The molecule has 0 amide bonds. The molecule has 114 valence electrons. The number of piperazine rings is 1. The van der Waals surface area contributed by atoms with Crippen LogP contribution in [0.1, 0.15) is 16.8 Å². The number of anilines is 1. The summed E-state index contributed by atoms with van der Waals surface area (Å²) in [6, 6.07) is 3.98. The molecule has 1 saturated heterocycles. The van der Waals surface area contributed by atoms with Crippen molar-refractivity contribution in [2.75, 3.05) is 37.6 Å². The molecule has 0 aromatic carbocycles. The zero-order chi connectivity index (χ0) is 15.6. The molecule has 0 N–H and O–H groups in total. The van der Waals surface area contributed by atoms with Crippen molar-refractivity contribution in [3.05, 3.63) is 22.9 Å². The topological polar surface area (TPSA) is 43.2 Å². The fraction of sp³-hybridized carbons (Fsp3) is 0.571. The lowest BCUT2D eigenvalue weighted by atomic mass is 10.1. The number of nitriles is 1. The zero-order valence-electron chi connectivity index (χ0n) is 12.0. The second kappa shape index (κ2) is 5.90. The van der Waals surface area contributed by atoms with Gasteiger partial charge in [0.05, 0.1) is 12.1 Å². The van der Waals surface area contributed by atoms with E-state index < -0.39 is 12.7 Å². The van der Waals surface area contributed by atoms with Gasteiger partial charge in [-0.1, -0.05) is 0 Å². The van der Waals surface area contributed by atoms with E-state index in [0.717, 1.165) is 11.3 Å². The van der Waals surface area contributed by atoms with E-state index in [0.29, 0.717) is 37.6 Å². The summed E-state index contributed by atoms with van der Waals surface area (Å²) in [6.07, 6.45) is -4.17. The van der Waals surface area contributed by atoms with E-state index in [4.69, 9.17) is 0 Å². The highest BCUT2D eigenvalue weighted by atomic mass is 19.4. The summed E-state index contributed by atoms with van der Waals surface area (Å²) in [4.78, 5) is 7.67. The summed E-state index contributed by atoms with van der Waals surface area (Å²) in [5.41, 5.74) is 2.15. The highest BCUT2D eigenvalue weighted by molar-refractivity contribution is 5.58. The Morgan fingerprint density at radius 2 is 1.86 bits per heavy atom. The van der Waals surface area contributed by atoms with Crippen molar-refractivity contribution in [1.82, 2.24) is 9.88 Å². The predicted molar refractivity (Wildman–Crippen MR) is 73.1 cm³/mol. The Morgan fingerprint density at radius 1 is 1.24 bits per heavy atom. The van der Waals surface area contributed by atoms with Crippen LogP contribution in [0.25, 0.3) is 0 Å². The van der Waals surface area contributed by atoms with Gasteiger partial charge in [0, 0.05) is 31.9 Å². The fourth-order valence-electron chi connectivity index (χ4n) is 2.56. The Morgan fingerprint density at radius 3 is 2.38 bits per heavy atom. The molecule has 0 spiro atoms. The molecule has 0 bridgehead atoms. The van der Waals surface area contributed by atoms with Gasteiger partial charge in [0.1, 0.15) is 11.9 Å². The van der Waals surface area contributed by atoms with Gasteiger partial charge >= 0.3 is 6.18 Å². The summed E-state index contributed by atoms with van der Waals surface area (Å²) in [5, 5.41) is 9.25. The first-order valence-electron chi connectivity index (χ1n) is 6.72. The fourth-order valence-corrected chi connectivity index (χ4v) is 2.56. The molecular formula is C14H17F3N4. The lowest BCUT2D eigenvalue weighted by molar-refractivity contribution is -0.146. The van der Waals surface area contributed by atoms with Crippen molar-refractivity contribution in [1.29, 1.82) is 5.26 Å². The first-order chi connectivity index (χ1) is 9.80. The van der Waals surface area contributed by atoms with Gasteiger partial charge in [-0.15, -0.1) is 0 Å². The maximum absolute atomic E-state index is 12.4. The minimum atomic E-state index is -4.17. The first-order valence-corrected chi connectivity index (χ1v) is 6.72. The molecule has 0 unspecified atom stereocenters. The number of hydrogen-bond donors (Lipinski definition) is 0. The first kappa shape index (κ1) is 15.6. The van der Waals surface area contributed by atoms with Crippen LogP contribution in [0.4, 0.5) is 19.0 Å². The minimum absolute atomic E-state index is 0.319. The van der Waals surface area contributed by atoms with E-state index in [-0.39, 0.29) is 0 Å². The summed E-state index contributed by atoms with van der Waals surface area (Å²) in [5.74, 6) is 0.585. The van der Waals surface area contributed by atoms with Crippen LogP contribution in [-0.4, -0.2) is 48.8 Å². The summed E-state index contributed by atoms with van der Waals surface area (Å²) in [6.45, 7) is 4.33. The number of pyridine rings is 1. The van der Waals surface area contributed by atoms with Gasteiger partial charge in [0.15, 0.2) is 0 Å². The zero-order valence-corrected chi connectivity index (χ0v) is 12.0. The van der Waals surface area contributed by atoms with Crippen LogP contribution in [0.15, 0.2) is 6.07 Å². The SMILES string of the molecule is Cc1cc(C)c(C#N)c(N2CCN(CC(F)(F)F)CC2)n1. The van der Waals surface area contributed by atoms with Crippen LogP contribution in [0.2, 0.25) is 0 Å². The maximum Gasteiger partial charge on any atom is 0.401 e. The average molecular weight is 298 g/mol. The van der Waals surface area contributed by atoms with Crippen LogP contribution in [0.3, 0.4) is 0 Å². The molecule has 2 heterocycles. The Labute approximate surface area is 121 Å². The van der Waals surface area contributed by atoms with E-state index in [9.17, 15) is 18.4 Å². The third kappa shape index (κ3) is 3.85. The third-order valence-corrected chi connectivity index (χ3v) is 3.51. The number of nitrogens with zero attached hydrogens (tertiary/aromatic N) is 4. The number of aromatic nitrogens is 1. The molecular weight excluding hydrogens is 281 g/mol. The molecule has 4 nitrogen and oxygen atoms in total. The molecule has 0 radical (unpaired) electrons. The van der Waals surface area contributed by atoms with Crippen molar-refractivity contribution >= 4 is 5.82 Å². The smallest absolute Gasteiger partial charge is 0.353 e. The molecule has 7 heteroatoms. The summed E-state index contributed by atoms with van der Waals surface area (Å²) >= 11 is 0. The van der Waals surface area contributed by atoms with E-state index in [1.807, 2.05) is 24.8 Å². The van der Waals surface area contributed by atoms with Gasteiger partial charge in [-0.2, -0.15) is 18.4 Å². The highest BCUT2D eigenvalue weighted by Crippen LogP contribution is 2.24. The summed E-state index contributed by atoms with van der Waals surface area (Å²) in [7, 11) is 0.